The van der Waals surface area contributed by atoms with Gasteiger partial charge in [0.1, 0.15) is 0 Å². The van der Waals surface area contributed by atoms with Crippen LogP contribution in [-0.4, -0.2) is 49.3 Å². The first-order valence-corrected chi connectivity index (χ1v) is 7.15. The number of carbonyl (C=O) groups excluding carboxylic acids is 1. The lowest BCUT2D eigenvalue weighted by atomic mass is 9.98. The monoisotopic (exact) mass is 255 g/mol. The summed E-state index contributed by atoms with van der Waals surface area (Å²) in [6.07, 6.45) is 7.18. The molecule has 4 heteroatoms. The van der Waals surface area contributed by atoms with Gasteiger partial charge in [-0.15, -0.1) is 0 Å². The molecule has 3 unspecified atom stereocenters. The van der Waals surface area contributed by atoms with Gasteiger partial charge < -0.3 is 9.47 Å². The average Bonchev–Trinajstić information content (AvgIpc) is 2.77. The first-order chi connectivity index (χ1) is 8.69. The van der Waals surface area contributed by atoms with Crippen LogP contribution in [0.4, 0.5) is 0 Å². The van der Waals surface area contributed by atoms with Gasteiger partial charge in [0.05, 0.1) is 25.7 Å². The standard InChI is InChI=1S/C14H25NO3/c1-11-6-7-13(18-11)10-15-8-4-3-5-12(15)9-14(16)17-2/h11-13H,3-10H2,1-2H3. The van der Waals surface area contributed by atoms with Gasteiger partial charge in [-0.25, -0.2) is 0 Å². The Labute approximate surface area is 110 Å². The highest BCUT2D eigenvalue weighted by atomic mass is 16.5. The SMILES string of the molecule is COC(=O)CC1CCCCN1CC1CCC(C)O1. The van der Waals surface area contributed by atoms with Gasteiger partial charge in [0, 0.05) is 12.6 Å². The fourth-order valence-corrected chi connectivity index (χ4v) is 3.09. The lowest BCUT2D eigenvalue weighted by Gasteiger charge is -2.36. The summed E-state index contributed by atoms with van der Waals surface area (Å²) in [4.78, 5) is 13.9. The van der Waals surface area contributed by atoms with Gasteiger partial charge in [0.15, 0.2) is 0 Å². The van der Waals surface area contributed by atoms with Gasteiger partial charge in [-0.2, -0.15) is 0 Å². The maximum absolute atomic E-state index is 11.4. The molecular weight excluding hydrogens is 230 g/mol. The Morgan fingerprint density at radius 3 is 2.83 bits per heavy atom. The molecule has 0 N–H and O–H groups in total. The molecule has 0 saturated carbocycles. The Morgan fingerprint density at radius 1 is 1.33 bits per heavy atom. The van der Waals surface area contributed by atoms with Gasteiger partial charge in [0.25, 0.3) is 0 Å². The summed E-state index contributed by atoms with van der Waals surface area (Å²) in [6.45, 7) is 4.21. The summed E-state index contributed by atoms with van der Waals surface area (Å²) < 4.78 is 10.7. The van der Waals surface area contributed by atoms with Crippen molar-refractivity contribution < 1.29 is 14.3 Å². The van der Waals surface area contributed by atoms with Crippen LogP contribution in [0.3, 0.4) is 0 Å². The second kappa shape index (κ2) is 6.53. The van der Waals surface area contributed by atoms with E-state index in [4.69, 9.17) is 9.47 Å². The van der Waals surface area contributed by atoms with Crippen LogP contribution < -0.4 is 0 Å². The van der Waals surface area contributed by atoms with E-state index in [1.165, 1.54) is 26.4 Å². The fraction of sp³-hybridized carbons (Fsp3) is 0.929. The fourth-order valence-electron chi connectivity index (χ4n) is 3.09. The smallest absolute Gasteiger partial charge is 0.307 e. The molecule has 0 bridgehead atoms. The molecule has 2 heterocycles. The Bertz CT molecular complexity index is 282. The van der Waals surface area contributed by atoms with Crippen molar-refractivity contribution in [2.75, 3.05) is 20.2 Å². The molecule has 0 amide bonds. The molecule has 0 aliphatic carbocycles. The first kappa shape index (κ1) is 13.8. The van der Waals surface area contributed by atoms with Crippen molar-refractivity contribution in [1.82, 2.24) is 4.90 Å². The number of hydrogen-bond acceptors (Lipinski definition) is 4. The molecule has 2 saturated heterocycles. The molecule has 2 aliphatic heterocycles. The van der Waals surface area contributed by atoms with Crippen LogP contribution in [0.15, 0.2) is 0 Å². The molecular formula is C14H25NO3. The van der Waals surface area contributed by atoms with E-state index in [1.807, 2.05) is 0 Å². The van der Waals surface area contributed by atoms with Crippen molar-refractivity contribution in [1.29, 1.82) is 0 Å². The second-order valence-corrected chi connectivity index (χ2v) is 5.57. The lowest BCUT2D eigenvalue weighted by Crippen LogP contribution is -2.44. The van der Waals surface area contributed by atoms with Crippen molar-refractivity contribution >= 4 is 5.97 Å². The highest BCUT2D eigenvalue weighted by Gasteiger charge is 2.30. The van der Waals surface area contributed by atoms with Crippen molar-refractivity contribution in [3.05, 3.63) is 0 Å². The zero-order valence-corrected chi connectivity index (χ0v) is 11.6. The Hall–Kier alpha value is -0.610. The van der Waals surface area contributed by atoms with E-state index in [0.717, 1.165) is 25.9 Å². The van der Waals surface area contributed by atoms with E-state index in [-0.39, 0.29) is 5.97 Å². The molecule has 0 aromatic heterocycles. The molecule has 0 aromatic carbocycles. The van der Waals surface area contributed by atoms with Gasteiger partial charge in [0.2, 0.25) is 0 Å². The van der Waals surface area contributed by atoms with Crippen molar-refractivity contribution in [2.45, 2.75) is 63.7 Å². The number of methoxy groups -OCH3 is 1. The van der Waals surface area contributed by atoms with Crippen LogP contribution in [0.5, 0.6) is 0 Å². The highest BCUT2D eigenvalue weighted by molar-refractivity contribution is 5.69. The van der Waals surface area contributed by atoms with Crippen LogP contribution >= 0.6 is 0 Å². The minimum absolute atomic E-state index is 0.0902. The number of rotatable bonds is 4. The molecule has 2 rings (SSSR count). The Balaban J connectivity index is 1.85. The van der Waals surface area contributed by atoms with E-state index >= 15 is 0 Å². The molecule has 104 valence electrons. The molecule has 0 aromatic rings. The topological polar surface area (TPSA) is 38.8 Å². The first-order valence-electron chi connectivity index (χ1n) is 7.15. The van der Waals surface area contributed by atoms with Crippen LogP contribution in [0.2, 0.25) is 0 Å². The summed E-state index contributed by atoms with van der Waals surface area (Å²) in [7, 11) is 1.47. The number of carbonyl (C=O) groups is 1. The summed E-state index contributed by atoms with van der Waals surface area (Å²) in [5, 5.41) is 0. The maximum atomic E-state index is 11.4. The predicted octanol–water partition coefficient (Wildman–Crippen LogP) is 1.97. The van der Waals surface area contributed by atoms with Crippen LogP contribution in [0.25, 0.3) is 0 Å². The number of esters is 1. The minimum atomic E-state index is -0.0902. The van der Waals surface area contributed by atoms with Crippen LogP contribution in [0, 0.1) is 0 Å². The van der Waals surface area contributed by atoms with Gasteiger partial charge in [-0.3, -0.25) is 9.69 Å². The number of hydrogen-bond donors (Lipinski definition) is 0. The normalized spacial score (nSPS) is 33.6. The Kier molecular flexibility index (Phi) is 5.01. The zero-order chi connectivity index (χ0) is 13.0. The van der Waals surface area contributed by atoms with Crippen molar-refractivity contribution in [3.63, 3.8) is 0 Å². The highest BCUT2D eigenvalue weighted by Crippen LogP contribution is 2.25. The molecule has 18 heavy (non-hydrogen) atoms. The quantitative estimate of drug-likeness (QED) is 0.720. The third-order valence-electron chi connectivity index (χ3n) is 4.14. The largest absolute Gasteiger partial charge is 0.469 e. The number of nitrogens with zero attached hydrogens (tertiary/aromatic N) is 1. The van der Waals surface area contributed by atoms with Crippen LogP contribution in [-0.2, 0) is 14.3 Å². The second-order valence-electron chi connectivity index (χ2n) is 5.57. The lowest BCUT2D eigenvalue weighted by molar-refractivity contribution is -0.142. The molecule has 0 spiro atoms. The van der Waals surface area contributed by atoms with Gasteiger partial charge in [-0.1, -0.05) is 6.42 Å². The molecule has 2 fully saturated rings. The van der Waals surface area contributed by atoms with E-state index in [1.54, 1.807) is 0 Å². The third kappa shape index (κ3) is 3.69. The van der Waals surface area contributed by atoms with Crippen LogP contribution in [0.1, 0.15) is 45.4 Å². The van der Waals surface area contributed by atoms with E-state index in [2.05, 4.69) is 11.8 Å². The Morgan fingerprint density at radius 2 is 2.17 bits per heavy atom. The van der Waals surface area contributed by atoms with Gasteiger partial charge >= 0.3 is 5.97 Å². The average molecular weight is 255 g/mol. The summed E-state index contributed by atoms with van der Waals surface area (Å²) >= 11 is 0. The van der Waals surface area contributed by atoms with Crippen molar-refractivity contribution in [2.24, 2.45) is 0 Å². The molecule has 3 atom stereocenters. The maximum Gasteiger partial charge on any atom is 0.307 e. The number of likely N-dealkylation sites (tertiary alicyclic amines) is 1. The molecule has 0 radical (unpaired) electrons. The van der Waals surface area contributed by atoms with E-state index in [0.29, 0.717) is 24.7 Å². The van der Waals surface area contributed by atoms with Gasteiger partial charge in [-0.05, 0) is 39.2 Å². The molecule has 4 nitrogen and oxygen atoms in total. The summed E-state index contributed by atoms with van der Waals surface area (Å²) in [5.74, 6) is -0.0902. The van der Waals surface area contributed by atoms with E-state index in [9.17, 15) is 4.79 Å². The van der Waals surface area contributed by atoms with E-state index < -0.39 is 0 Å². The minimum Gasteiger partial charge on any atom is -0.469 e. The zero-order valence-electron chi connectivity index (χ0n) is 11.6. The summed E-state index contributed by atoms with van der Waals surface area (Å²) in [5.41, 5.74) is 0. The third-order valence-corrected chi connectivity index (χ3v) is 4.14. The predicted molar refractivity (Wildman–Crippen MR) is 69.4 cm³/mol. The van der Waals surface area contributed by atoms with Crippen molar-refractivity contribution in [3.8, 4) is 0 Å². The molecule has 2 aliphatic rings. The number of ether oxygens (including phenoxy) is 2. The number of piperidine rings is 1. The summed E-state index contributed by atoms with van der Waals surface area (Å²) in [6, 6.07) is 0.353.